The van der Waals surface area contributed by atoms with Crippen LogP contribution in [0.1, 0.15) is 45.2 Å². The molecule has 158 valence electrons. The molecule has 28 heavy (non-hydrogen) atoms. The average Bonchev–Trinajstić information content (AvgIpc) is 2.70. The van der Waals surface area contributed by atoms with Gasteiger partial charge in [-0.1, -0.05) is 12.1 Å². The van der Waals surface area contributed by atoms with Crippen molar-refractivity contribution in [3.63, 3.8) is 0 Å². The molecule has 0 spiro atoms. The minimum atomic E-state index is -0.265. The number of piperidine rings is 1. The minimum Gasteiger partial charge on any atom is -0.497 e. The Balaban J connectivity index is 2.08. The van der Waals surface area contributed by atoms with E-state index in [0.717, 1.165) is 31.3 Å². The first-order valence-electron chi connectivity index (χ1n) is 10.3. The van der Waals surface area contributed by atoms with Crippen LogP contribution in [-0.4, -0.2) is 63.9 Å². The molecule has 0 amide bonds. The highest BCUT2D eigenvalue weighted by Gasteiger charge is 2.30. The van der Waals surface area contributed by atoms with Gasteiger partial charge in [-0.2, -0.15) is 0 Å². The summed E-state index contributed by atoms with van der Waals surface area (Å²) in [7, 11) is 5.66. The van der Waals surface area contributed by atoms with Crippen LogP contribution in [0.5, 0.6) is 5.75 Å². The van der Waals surface area contributed by atoms with Crippen LogP contribution in [0.25, 0.3) is 0 Å². The summed E-state index contributed by atoms with van der Waals surface area (Å²) in [4.78, 5) is 7.19. The zero-order chi connectivity index (χ0) is 20.6. The molecule has 2 atom stereocenters. The fourth-order valence-corrected chi connectivity index (χ4v) is 3.70. The molecule has 1 heterocycles. The monoisotopic (exact) mass is 390 g/mol. The van der Waals surface area contributed by atoms with Gasteiger partial charge in [-0.3, -0.25) is 9.89 Å². The number of guanidine groups is 1. The van der Waals surface area contributed by atoms with E-state index in [9.17, 15) is 0 Å². The lowest BCUT2D eigenvalue weighted by molar-refractivity contribution is 0.0310. The van der Waals surface area contributed by atoms with Crippen molar-refractivity contribution in [2.45, 2.75) is 45.3 Å². The fraction of sp³-hybridized carbons (Fsp3) is 0.682. The van der Waals surface area contributed by atoms with Crippen LogP contribution in [0.15, 0.2) is 29.3 Å². The van der Waals surface area contributed by atoms with E-state index in [2.05, 4.69) is 67.6 Å². The van der Waals surface area contributed by atoms with E-state index in [1.54, 1.807) is 14.2 Å². The van der Waals surface area contributed by atoms with E-state index >= 15 is 0 Å². The van der Waals surface area contributed by atoms with E-state index in [0.29, 0.717) is 18.5 Å². The molecule has 1 aromatic carbocycles. The van der Waals surface area contributed by atoms with Gasteiger partial charge in [0.2, 0.25) is 0 Å². The summed E-state index contributed by atoms with van der Waals surface area (Å²) < 4.78 is 10.8. The van der Waals surface area contributed by atoms with Gasteiger partial charge in [0.1, 0.15) is 5.75 Å². The quantitative estimate of drug-likeness (QED) is 0.528. The summed E-state index contributed by atoms with van der Waals surface area (Å²) in [6.07, 6.45) is 2.43. The van der Waals surface area contributed by atoms with Crippen molar-refractivity contribution in [1.29, 1.82) is 0 Å². The van der Waals surface area contributed by atoms with E-state index < -0.39 is 0 Å². The molecule has 0 aromatic heterocycles. The molecule has 2 rings (SSSR count). The van der Waals surface area contributed by atoms with Gasteiger partial charge in [0.25, 0.3) is 0 Å². The molecule has 1 aromatic rings. The second-order valence-electron chi connectivity index (χ2n) is 8.14. The van der Waals surface area contributed by atoms with Gasteiger partial charge in [-0.15, -0.1) is 0 Å². The molecule has 1 aliphatic heterocycles. The largest absolute Gasteiger partial charge is 0.497 e. The van der Waals surface area contributed by atoms with Gasteiger partial charge in [0.05, 0.1) is 19.3 Å². The second-order valence-corrected chi connectivity index (χ2v) is 8.14. The summed E-state index contributed by atoms with van der Waals surface area (Å²) in [5.41, 5.74) is 1.08. The van der Waals surface area contributed by atoms with Crippen LogP contribution in [-0.2, 0) is 4.74 Å². The predicted molar refractivity (Wildman–Crippen MR) is 116 cm³/mol. The molecule has 0 aliphatic carbocycles. The SMILES string of the molecule is CCNC(=NCC(C)(C)OC)NCC1CCCN(C)C1c1ccc(OC)cc1. The molecule has 0 radical (unpaired) electrons. The highest BCUT2D eigenvalue weighted by molar-refractivity contribution is 5.79. The van der Waals surface area contributed by atoms with Gasteiger partial charge in [0.15, 0.2) is 5.96 Å². The van der Waals surface area contributed by atoms with Gasteiger partial charge in [-0.05, 0) is 70.8 Å². The molecule has 0 saturated carbocycles. The number of aliphatic imine (C=N–C) groups is 1. The van der Waals surface area contributed by atoms with Crippen molar-refractivity contribution >= 4 is 5.96 Å². The van der Waals surface area contributed by atoms with Crippen LogP contribution in [0.3, 0.4) is 0 Å². The molecule has 2 unspecified atom stereocenters. The van der Waals surface area contributed by atoms with Crippen molar-refractivity contribution in [1.82, 2.24) is 15.5 Å². The number of likely N-dealkylation sites (tertiary alicyclic amines) is 1. The van der Waals surface area contributed by atoms with Gasteiger partial charge < -0.3 is 20.1 Å². The molecule has 2 N–H and O–H groups in total. The number of ether oxygens (including phenoxy) is 2. The van der Waals surface area contributed by atoms with Crippen molar-refractivity contribution in [3.05, 3.63) is 29.8 Å². The molecule has 6 heteroatoms. The number of methoxy groups -OCH3 is 2. The van der Waals surface area contributed by atoms with Crippen molar-refractivity contribution < 1.29 is 9.47 Å². The lowest BCUT2D eigenvalue weighted by atomic mass is 9.85. The van der Waals surface area contributed by atoms with E-state index in [1.165, 1.54) is 18.4 Å². The maximum absolute atomic E-state index is 5.49. The number of hydrogen-bond acceptors (Lipinski definition) is 4. The molecule has 0 bridgehead atoms. The average molecular weight is 391 g/mol. The minimum absolute atomic E-state index is 0.265. The van der Waals surface area contributed by atoms with E-state index in [4.69, 9.17) is 14.5 Å². The summed E-state index contributed by atoms with van der Waals surface area (Å²) in [5.74, 6) is 2.28. The van der Waals surface area contributed by atoms with E-state index in [-0.39, 0.29) is 5.60 Å². The third kappa shape index (κ3) is 6.38. The Morgan fingerprint density at radius 2 is 1.93 bits per heavy atom. The molecule has 1 aliphatic rings. The first-order valence-corrected chi connectivity index (χ1v) is 10.3. The van der Waals surface area contributed by atoms with Crippen LogP contribution >= 0.6 is 0 Å². The fourth-order valence-electron chi connectivity index (χ4n) is 3.70. The Morgan fingerprint density at radius 1 is 1.21 bits per heavy atom. The second kappa shape index (κ2) is 10.7. The van der Waals surface area contributed by atoms with Gasteiger partial charge >= 0.3 is 0 Å². The summed E-state index contributed by atoms with van der Waals surface area (Å²) in [6.45, 7) is 9.67. The Labute approximate surface area is 170 Å². The summed E-state index contributed by atoms with van der Waals surface area (Å²) in [5, 5.41) is 6.91. The zero-order valence-corrected chi connectivity index (χ0v) is 18.4. The van der Waals surface area contributed by atoms with Crippen LogP contribution in [0, 0.1) is 5.92 Å². The Bertz CT molecular complexity index is 615. The number of nitrogens with zero attached hydrogens (tertiary/aromatic N) is 2. The Kier molecular flexibility index (Phi) is 8.58. The normalized spacial score (nSPS) is 21.4. The molecule has 6 nitrogen and oxygen atoms in total. The van der Waals surface area contributed by atoms with Crippen molar-refractivity contribution in [3.8, 4) is 5.75 Å². The lowest BCUT2D eigenvalue weighted by Crippen LogP contribution is -2.45. The molecular weight excluding hydrogens is 352 g/mol. The topological polar surface area (TPSA) is 58.1 Å². The van der Waals surface area contributed by atoms with Gasteiger partial charge in [-0.25, -0.2) is 0 Å². The van der Waals surface area contributed by atoms with Crippen molar-refractivity contribution in [2.75, 3.05) is 47.4 Å². The smallest absolute Gasteiger partial charge is 0.191 e. The Morgan fingerprint density at radius 3 is 2.54 bits per heavy atom. The molecular formula is C22H38N4O2. The third-order valence-electron chi connectivity index (χ3n) is 5.51. The molecule has 1 saturated heterocycles. The van der Waals surface area contributed by atoms with Gasteiger partial charge in [0, 0.05) is 26.2 Å². The predicted octanol–water partition coefficient (Wildman–Crippen LogP) is 3.06. The maximum Gasteiger partial charge on any atom is 0.191 e. The highest BCUT2D eigenvalue weighted by atomic mass is 16.5. The number of nitrogens with one attached hydrogen (secondary N) is 2. The van der Waals surface area contributed by atoms with Crippen LogP contribution in [0.2, 0.25) is 0 Å². The number of hydrogen-bond donors (Lipinski definition) is 2. The first-order chi connectivity index (χ1) is 13.4. The third-order valence-corrected chi connectivity index (χ3v) is 5.51. The van der Waals surface area contributed by atoms with Crippen molar-refractivity contribution in [2.24, 2.45) is 10.9 Å². The number of rotatable bonds is 8. The first kappa shape index (κ1) is 22.5. The highest BCUT2D eigenvalue weighted by Crippen LogP contribution is 2.35. The molecule has 1 fully saturated rings. The zero-order valence-electron chi connectivity index (χ0n) is 18.4. The Hall–Kier alpha value is -1.79. The van der Waals surface area contributed by atoms with Crippen LogP contribution in [0.4, 0.5) is 0 Å². The number of benzene rings is 1. The summed E-state index contributed by atoms with van der Waals surface area (Å²) >= 11 is 0. The van der Waals surface area contributed by atoms with E-state index in [1.807, 2.05) is 0 Å². The lowest BCUT2D eigenvalue weighted by Gasteiger charge is -2.40. The maximum atomic E-state index is 5.49. The van der Waals surface area contributed by atoms with Crippen LogP contribution < -0.4 is 15.4 Å². The standard InChI is InChI=1S/C22H38N4O2/c1-7-23-21(25-16-22(2,3)28-6)24-15-18-9-8-14-26(4)20(18)17-10-12-19(27-5)13-11-17/h10-13,18,20H,7-9,14-16H2,1-6H3,(H2,23,24,25). The summed E-state index contributed by atoms with van der Waals surface area (Å²) in [6, 6.07) is 8.89.